The molecule has 4 heteroatoms. The average molecular weight is 267 g/mol. The lowest BCUT2D eigenvalue weighted by atomic mass is 10.2. The molecule has 0 unspecified atom stereocenters. The summed E-state index contributed by atoms with van der Waals surface area (Å²) in [6.45, 7) is 5.26. The predicted molar refractivity (Wildman–Crippen MR) is 82.5 cm³/mol. The number of anilines is 1. The number of nitrogens with zero attached hydrogens (tertiary/aromatic N) is 2. The van der Waals surface area contributed by atoms with Gasteiger partial charge in [-0.3, -0.25) is 4.98 Å². The van der Waals surface area contributed by atoms with Crippen molar-refractivity contribution in [1.29, 1.82) is 0 Å². The first-order chi connectivity index (χ1) is 8.79. The Morgan fingerprint density at radius 2 is 2.28 bits per heavy atom. The van der Waals surface area contributed by atoms with Gasteiger partial charge in [0.2, 0.25) is 0 Å². The van der Waals surface area contributed by atoms with Gasteiger partial charge in [0.1, 0.15) is 0 Å². The summed E-state index contributed by atoms with van der Waals surface area (Å²) in [5, 5.41) is 3.44. The molecular weight excluding hydrogens is 242 g/mol. The molecule has 0 fully saturated rings. The monoisotopic (exact) mass is 267 g/mol. The molecule has 0 amide bonds. The minimum Gasteiger partial charge on any atom is -0.374 e. The Kier molecular flexibility index (Phi) is 7.85. The summed E-state index contributed by atoms with van der Waals surface area (Å²) in [6.07, 6.45) is 8.40. The summed E-state index contributed by atoms with van der Waals surface area (Å²) in [4.78, 5) is 6.57. The first kappa shape index (κ1) is 15.3. The zero-order chi connectivity index (χ0) is 13.2. The Morgan fingerprint density at radius 3 is 3.00 bits per heavy atom. The van der Waals surface area contributed by atoms with Crippen LogP contribution in [0, 0.1) is 0 Å². The van der Waals surface area contributed by atoms with E-state index in [2.05, 4.69) is 41.5 Å². The Hall–Kier alpha value is -0.740. The van der Waals surface area contributed by atoms with E-state index in [-0.39, 0.29) is 0 Å². The second kappa shape index (κ2) is 9.22. The van der Waals surface area contributed by atoms with E-state index < -0.39 is 0 Å². The van der Waals surface area contributed by atoms with E-state index in [0.717, 1.165) is 19.6 Å². The Bertz CT molecular complexity index is 331. The van der Waals surface area contributed by atoms with Crippen molar-refractivity contribution < 1.29 is 0 Å². The molecule has 0 saturated heterocycles. The van der Waals surface area contributed by atoms with Crippen LogP contribution in [0.5, 0.6) is 0 Å². The molecule has 3 nitrogen and oxygen atoms in total. The van der Waals surface area contributed by atoms with Crippen LogP contribution in [0.3, 0.4) is 0 Å². The summed E-state index contributed by atoms with van der Waals surface area (Å²) in [6, 6.07) is 2.11. The van der Waals surface area contributed by atoms with Crippen LogP contribution in [0.25, 0.3) is 0 Å². The van der Waals surface area contributed by atoms with Gasteiger partial charge in [0.15, 0.2) is 0 Å². The molecule has 0 aliphatic heterocycles. The molecule has 102 valence electrons. The van der Waals surface area contributed by atoms with Gasteiger partial charge < -0.3 is 10.2 Å². The maximum Gasteiger partial charge on any atom is 0.0440 e. The van der Waals surface area contributed by atoms with Crippen LogP contribution in [0.4, 0.5) is 5.69 Å². The van der Waals surface area contributed by atoms with E-state index in [1.54, 1.807) is 0 Å². The highest BCUT2D eigenvalue weighted by atomic mass is 32.2. The molecule has 0 radical (unpaired) electrons. The van der Waals surface area contributed by atoms with Crippen molar-refractivity contribution in [3.05, 3.63) is 24.0 Å². The van der Waals surface area contributed by atoms with Gasteiger partial charge in [-0.15, -0.1) is 0 Å². The number of hydrogen-bond acceptors (Lipinski definition) is 4. The molecule has 0 atom stereocenters. The number of thioether (sulfide) groups is 1. The SMILES string of the molecule is CCCNCc1cnccc1N(C)CCCSC. The number of aromatic nitrogens is 1. The number of rotatable bonds is 9. The first-order valence-electron chi connectivity index (χ1n) is 6.63. The molecule has 0 aliphatic carbocycles. The molecule has 1 aromatic rings. The van der Waals surface area contributed by atoms with Crippen LogP contribution in [0.15, 0.2) is 18.5 Å². The van der Waals surface area contributed by atoms with E-state index >= 15 is 0 Å². The topological polar surface area (TPSA) is 28.2 Å². The van der Waals surface area contributed by atoms with Crippen LogP contribution in [0.2, 0.25) is 0 Å². The van der Waals surface area contributed by atoms with Crippen molar-refractivity contribution in [2.75, 3.05) is 37.0 Å². The maximum absolute atomic E-state index is 4.23. The van der Waals surface area contributed by atoms with Crippen molar-refractivity contribution >= 4 is 17.4 Å². The van der Waals surface area contributed by atoms with E-state index in [0.29, 0.717) is 0 Å². The minimum absolute atomic E-state index is 0.907. The number of nitrogens with one attached hydrogen (secondary N) is 1. The molecule has 0 bridgehead atoms. The highest BCUT2D eigenvalue weighted by Gasteiger charge is 2.06. The molecule has 0 spiro atoms. The quantitative estimate of drug-likeness (QED) is 0.696. The van der Waals surface area contributed by atoms with Gasteiger partial charge in [0.25, 0.3) is 0 Å². The summed E-state index contributed by atoms with van der Waals surface area (Å²) < 4.78 is 0. The fraction of sp³-hybridized carbons (Fsp3) is 0.643. The third kappa shape index (κ3) is 5.27. The van der Waals surface area contributed by atoms with E-state index in [1.165, 1.54) is 29.8 Å². The second-order valence-corrected chi connectivity index (χ2v) is 5.43. The Balaban J connectivity index is 2.56. The maximum atomic E-state index is 4.23. The van der Waals surface area contributed by atoms with Crippen molar-refractivity contribution in [2.45, 2.75) is 26.3 Å². The minimum atomic E-state index is 0.907. The molecule has 0 aromatic carbocycles. The Morgan fingerprint density at radius 1 is 1.44 bits per heavy atom. The fourth-order valence-corrected chi connectivity index (χ4v) is 2.31. The third-order valence-corrected chi connectivity index (χ3v) is 3.57. The normalized spacial score (nSPS) is 10.6. The van der Waals surface area contributed by atoms with Gasteiger partial charge in [-0.2, -0.15) is 11.8 Å². The lowest BCUT2D eigenvalue weighted by Gasteiger charge is -2.22. The van der Waals surface area contributed by atoms with Crippen molar-refractivity contribution in [1.82, 2.24) is 10.3 Å². The molecule has 0 aliphatic rings. The lowest BCUT2D eigenvalue weighted by Crippen LogP contribution is -2.23. The Labute approximate surface area is 115 Å². The molecular formula is C14H25N3S. The van der Waals surface area contributed by atoms with Crippen LogP contribution < -0.4 is 10.2 Å². The standard InChI is InChI=1S/C14H25N3S/c1-4-7-15-11-13-12-16-8-6-14(13)17(2)9-5-10-18-3/h6,8,12,15H,4-5,7,9-11H2,1-3H3. The average Bonchev–Trinajstić information content (AvgIpc) is 2.40. The van der Waals surface area contributed by atoms with Gasteiger partial charge in [-0.1, -0.05) is 6.92 Å². The molecule has 1 heterocycles. The van der Waals surface area contributed by atoms with Crippen LogP contribution in [0.1, 0.15) is 25.3 Å². The van der Waals surface area contributed by atoms with Gasteiger partial charge in [0.05, 0.1) is 0 Å². The van der Waals surface area contributed by atoms with E-state index in [4.69, 9.17) is 0 Å². The lowest BCUT2D eigenvalue weighted by molar-refractivity contribution is 0.672. The van der Waals surface area contributed by atoms with Crippen molar-refractivity contribution in [3.63, 3.8) is 0 Å². The first-order valence-corrected chi connectivity index (χ1v) is 8.02. The third-order valence-electron chi connectivity index (χ3n) is 2.87. The van der Waals surface area contributed by atoms with Gasteiger partial charge in [-0.05, 0) is 37.5 Å². The summed E-state index contributed by atoms with van der Waals surface area (Å²) in [5.74, 6) is 1.22. The van der Waals surface area contributed by atoms with E-state index in [9.17, 15) is 0 Å². The fourth-order valence-electron chi connectivity index (χ4n) is 1.89. The second-order valence-electron chi connectivity index (χ2n) is 4.45. The molecule has 1 N–H and O–H groups in total. The number of hydrogen-bond donors (Lipinski definition) is 1. The summed E-state index contributed by atoms with van der Waals surface area (Å²) in [7, 11) is 2.17. The highest BCUT2D eigenvalue weighted by Crippen LogP contribution is 2.18. The highest BCUT2D eigenvalue weighted by molar-refractivity contribution is 7.98. The molecule has 0 saturated carbocycles. The zero-order valence-electron chi connectivity index (χ0n) is 11.8. The zero-order valence-corrected chi connectivity index (χ0v) is 12.6. The van der Waals surface area contributed by atoms with Crippen LogP contribution in [-0.4, -0.2) is 37.1 Å². The molecule has 1 rings (SSSR count). The predicted octanol–water partition coefficient (Wildman–Crippen LogP) is 2.77. The molecule has 18 heavy (non-hydrogen) atoms. The largest absolute Gasteiger partial charge is 0.374 e. The van der Waals surface area contributed by atoms with Gasteiger partial charge in [-0.25, -0.2) is 0 Å². The smallest absolute Gasteiger partial charge is 0.0440 e. The van der Waals surface area contributed by atoms with Crippen LogP contribution >= 0.6 is 11.8 Å². The van der Waals surface area contributed by atoms with Crippen LogP contribution in [-0.2, 0) is 6.54 Å². The summed E-state index contributed by atoms with van der Waals surface area (Å²) in [5.41, 5.74) is 2.59. The van der Waals surface area contributed by atoms with Crippen molar-refractivity contribution in [2.24, 2.45) is 0 Å². The molecule has 1 aromatic heterocycles. The number of pyridine rings is 1. The van der Waals surface area contributed by atoms with Crippen molar-refractivity contribution in [3.8, 4) is 0 Å². The van der Waals surface area contributed by atoms with E-state index in [1.807, 2.05) is 24.2 Å². The summed E-state index contributed by atoms with van der Waals surface area (Å²) >= 11 is 1.91. The van der Waals surface area contributed by atoms with Gasteiger partial charge in [0, 0.05) is 43.8 Å². The van der Waals surface area contributed by atoms with Gasteiger partial charge >= 0.3 is 0 Å².